The number of esters is 1. The fourth-order valence-electron chi connectivity index (χ4n) is 3.12. The number of benzene rings is 3. The monoisotopic (exact) mass is 475 g/mol. The summed E-state index contributed by atoms with van der Waals surface area (Å²) in [6.07, 6.45) is 0. The Morgan fingerprint density at radius 1 is 0.912 bits per heavy atom. The van der Waals surface area contributed by atoms with Crippen LogP contribution in [0.1, 0.15) is 27.0 Å². The standard InChI is InChI=1S/C24H17N3O6S/c1-14(28)15-3-2-4-18(11-15)26-24(30)25-17-5-8-20(9-6-17)33-23(29)22-13-16-12-19(27(31)32)7-10-21(16)34-22/h2-13H,1H3,(H2,25,26,30). The number of amides is 2. The van der Waals surface area contributed by atoms with Crippen LogP contribution in [0.15, 0.2) is 72.8 Å². The van der Waals surface area contributed by atoms with Crippen molar-refractivity contribution in [2.45, 2.75) is 6.92 Å². The van der Waals surface area contributed by atoms with Crippen molar-refractivity contribution < 1.29 is 24.0 Å². The second-order valence-electron chi connectivity index (χ2n) is 7.22. The fourth-order valence-corrected chi connectivity index (χ4v) is 4.04. The summed E-state index contributed by atoms with van der Waals surface area (Å²) in [4.78, 5) is 46.9. The number of ketones is 1. The number of ether oxygens (including phenoxy) is 1. The average molecular weight is 475 g/mol. The molecule has 0 aliphatic rings. The van der Waals surface area contributed by atoms with Gasteiger partial charge in [0.2, 0.25) is 0 Å². The van der Waals surface area contributed by atoms with Gasteiger partial charge in [-0.2, -0.15) is 0 Å². The van der Waals surface area contributed by atoms with E-state index in [1.807, 2.05) is 0 Å². The number of nitrogens with zero attached hydrogens (tertiary/aromatic N) is 1. The van der Waals surface area contributed by atoms with E-state index < -0.39 is 16.9 Å². The molecule has 9 nitrogen and oxygen atoms in total. The number of hydrogen-bond acceptors (Lipinski definition) is 7. The first-order chi connectivity index (χ1) is 16.3. The molecule has 1 heterocycles. The molecule has 0 saturated heterocycles. The van der Waals surface area contributed by atoms with E-state index in [2.05, 4.69) is 10.6 Å². The number of urea groups is 1. The zero-order valence-corrected chi connectivity index (χ0v) is 18.5. The van der Waals surface area contributed by atoms with Crippen LogP contribution in [0.4, 0.5) is 21.9 Å². The highest BCUT2D eigenvalue weighted by Gasteiger charge is 2.15. The maximum absolute atomic E-state index is 12.5. The molecule has 0 bridgehead atoms. The van der Waals surface area contributed by atoms with Crippen LogP contribution < -0.4 is 15.4 Å². The minimum Gasteiger partial charge on any atom is -0.422 e. The van der Waals surface area contributed by atoms with Crippen LogP contribution >= 0.6 is 11.3 Å². The molecule has 0 aliphatic carbocycles. The fraction of sp³-hybridized carbons (Fsp3) is 0.0417. The van der Waals surface area contributed by atoms with Gasteiger partial charge in [0.1, 0.15) is 10.6 Å². The minimum atomic E-state index is -0.590. The molecular weight excluding hydrogens is 458 g/mol. The lowest BCUT2D eigenvalue weighted by Gasteiger charge is -2.09. The Balaban J connectivity index is 1.38. The molecule has 0 radical (unpaired) electrons. The van der Waals surface area contributed by atoms with Crippen molar-refractivity contribution in [2.24, 2.45) is 0 Å². The number of carbonyl (C=O) groups excluding carboxylic acids is 3. The van der Waals surface area contributed by atoms with E-state index in [1.165, 1.54) is 42.5 Å². The molecule has 2 amide bonds. The average Bonchev–Trinajstić information content (AvgIpc) is 3.24. The predicted octanol–water partition coefficient (Wildman–Crippen LogP) is 5.88. The summed E-state index contributed by atoms with van der Waals surface area (Å²) in [7, 11) is 0. The van der Waals surface area contributed by atoms with E-state index in [9.17, 15) is 24.5 Å². The Morgan fingerprint density at radius 2 is 1.65 bits per heavy atom. The molecule has 3 aromatic carbocycles. The molecule has 4 aromatic rings. The van der Waals surface area contributed by atoms with Gasteiger partial charge < -0.3 is 15.4 Å². The van der Waals surface area contributed by atoms with Crippen LogP contribution in [-0.2, 0) is 0 Å². The molecule has 0 unspecified atom stereocenters. The van der Waals surface area contributed by atoms with Gasteiger partial charge in [0, 0.05) is 39.2 Å². The van der Waals surface area contributed by atoms with Crippen molar-refractivity contribution in [1.82, 2.24) is 0 Å². The number of nitrogens with one attached hydrogen (secondary N) is 2. The zero-order chi connectivity index (χ0) is 24.2. The number of fused-ring (bicyclic) bond motifs is 1. The van der Waals surface area contributed by atoms with Crippen LogP contribution in [0, 0.1) is 10.1 Å². The van der Waals surface area contributed by atoms with E-state index in [0.717, 1.165) is 4.70 Å². The SMILES string of the molecule is CC(=O)c1cccc(NC(=O)Nc2ccc(OC(=O)c3cc4cc([N+](=O)[O-])ccc4s3)cc2)c1. The van der Waals surface area contributed by atoms with Gasteiger partial charge in [0.05, 0.1) is 4.92 Å². The van der Waals surface area contributed by atoms with E-state index in [-0.39, 0.29) is 17.2 Å². The molecule has 10 heteroatoms. The van der Waals surface area contributed by atoms with E-state index in [0.29, 0.717) is 27.2 Å². The molecule has 0 fully saturated rings. The summed E-state index contributed by atoms with van der Waals surface area (Å²) in [5.74, 6) is -0.424. The Kier molecular flexibility index (Phi) is 6.33. The normalized spacial score (nSPS) is 10.5. The molecule has 4 rings (SSSR count). The zero-order valence-electron chi connectivity index (χ0n) is 17.7. The molecule has 34 heavy (non-hydrogen) atoms. The van der Waals surface area contributed by atoms with E-state index in [4.69, 9.17) is 4.74 Å². The van der Waals surface area contributed by atoms with Crippen LogP contribution in [-0.4, -0.2) is 22.7 Å². The van der Waals surface area contributed by atoms with Crippen LogP contribution in [0.3, 0.4) is 0 Å². The molecule has 1 aromatic heterocycles. The van der Waals surface area contributed by atoms with Crippen LogP contribution in [0.25, 0.3) is 10.1 Å². The third kappa shape index (κ3) is 5.25. The molecular formula is C24H17N3O6S. The number of Topliss-reactive ketones (excluding diaryl/α,β-unsaturated/α-hetero) is 1. The smallest absolute Gasteiger partial charge is 0.353 e. The van der Waals surface area contributed by atoms with Gasteiger partial charge in [0.15, 0.2) is 5.78 Å². The van der Waals surface area contributed by atoms with Crippen molar-refractivity contribution in [3.63, 3.8) is 0 Å². The first kappa shape index (κ1) is 22.6. The van der Waals surface area contributed by atoms with Gasteiger partial charge in [-0.25, -0.2) is 9.59 Å². The summed E-state index contributed by atoms with van der Waals surface area (Å²) in [5.41, 5.74) is 1.38. The second-order valence-corrected chi connectivity index (χ2v) is 8.30. The van der Waals surface area contributed by atoms with Crippen molar-refractivity contribution in [1.29, 1.82) is 0 Å². The highest BCUT2D eigenvalue weighted by molar-refractivity contribution is 7.20. The highest BCUT2D eigenvalue weighted by atomic mass is 32.1. The van der Waals surface area contributed by atoms with Gasteiger partial charge in [0.25, 0.3) is 5.69 Å². The molecule has 0 aliphatic heterocycles. The largest absolute Gasteiger partial charge is 0.422 e. The van der Waals surface area contributed by atoms with Gasteiger partial charge in [-0.3, -0.25) is 14.9 Å². The van der Waals surface area contributed by atoms with Crippen molar-refractivity contribution in [3.8, 4) is 5.75 Å². The Bertz CT molecular complexity index is 1430. The number of nitro groups is 1. The van der Waals surface area contributed by atoms with Crippen LogP contribution in [0.5, 0.6) is 5.75 Å². The maximum Gasteiger partial charge on any atom is 0.353 e. The predicted molar refractivity (Wildman–Crippen MR) is 129 cm³/mol. The van der Waals surface area contributed by atoms with Crippen LogP contribution in [0.2, 0.25) is 0 Å². The Labute approximate surface area is 197 Å². The van der Waals surface area contributed by atoms with Gasteiger partial charge in [-0.1, -0.05) is 12.1 Å². The summed E-state index contributed by atoms with van der Waals surface area (Å²) in [5, 5.41) is 16.8. The molecule has 0 saturated carbocycles. The number of non-ortho nitro benzene ring substituents is 1. The number of rotatable bonds is 6. The summed E-state index contributed by atoms with van der Waals surface area (Å²) in [6.45, 7) is 1.44. The molecule has 170 valence electrons. The molecule has 2 N–H and O–H groups in total. The Morgan fingerprint density at radius 3 is 2.35 bits per heavy atom. The first-order valence-electron chi connectivity index (χ1n) is 9.98. The van der Waals surface area contributed by atoms with Gasteiger partial charge in [-0.15, -0.1) is 11.3 Å². The second kappa shape index (κ2) is 9.51. The quantitative estimate of drug-likeness (QED) is 0.118. The Hall–Kier alpha value is -4.57. The lowest BCUT2D eigenvalue weighted by molar-refractivity contribution is -0.384. The lowest BCUT2D eigenvalue weighted by Crippen LogP contribution is -2.19. The summed E-state index contributed by atoms with van der Waals surface area (Å²) >= 11 is 1.18. The lowest BCUT2D eigenvalue weighted by atomic mass is 10.1. The molecule has 0 atom stereocenters. The van der Waals surface area contributed by atoms with Gasteiger partial charge >= 0.3 is 12.0 Å². The highest BCUT2D eigenvalue weighted by Crippen LogP contribution is 2.30. The van der Waals surface area contributed by atoms with E-state index >= 15 is 0 Å². The third-order valence-electron chi connectivity index (χ3n) is 4.76. The van der Waals surface area contributed by atoms with Gasteiger partial charge in [-0.05, 0) is 55.5 Å². The number of thiophene rings is 1. The van der Waals surface area contributed by atoms with Crippen molar-refractivity contribution >= 4 is 56.3 Å². The summed E-state index contributed by atoms with van der Waals surface area (Å²) < 4.78 is 6.11. The first-order valence-corrected chi connectivity index (χ1v) is 10.8. The minimum absolute atomic E-state index is 0.0519. The topological polar surface area (TPSA) is 128 Å². The number of anilines is 2. The third-order valence-corrected chi connectivity index (χ3v) is 5.86. The number of nitro benzene ring substituents is 1. The number of carbonyl (C=O) groups is 3. The molecule has 0 spiro atoms. The maximum atomic E-state index is 12.5. The van der Waals surface area contributed by atoms with Crippen molar-refractivity contribution in [2.75, 3.05) is 10.6 Å². The van der Waals surface area contributed by atoms with E-state index in [1.54, 1.807) is 48.5 Å². The van der Waals surface area contributed by atoms with Crippen molar-refractivity contribution in [3.05, 3.63) is 93.4 Å². The number of hydrogen-bond donors (Lipinski definition) is 2. The summed E-state index contributed by atoms with van der Waals surface area (Å²) in [6, 6.07) is 18.2.